The van der Waals surface area contributed by atoms with Crippen LogP contribution in [-0.2, 0) is 13.2 Å². The topological polar surface area (TPSA) is 54.3 Å². The highest BCUT2D eigenvalue weighted by atomic mass is 19.4. The molecule has 1 fully saturated rings. The van der Waals surface area contributed by atoms with Gasteiger partial charge in [-0.05, 0) is 19.1 Å². The Morgan fingerprint density at radius 3 is 2.52 bits per heavy atom. The van der Waals surface area contributed by atoms with Gasteiger partial charge in [0.05, 0.1) is 23.6 Å². The van der Waals surface area contributed by atoms with Crippen LogP contribution in [0.4, 0.5) is 18.9 Å². The minimum absolute atomic E-state index is 0.0799. The van der Waals surface area contributed by atoms with Crippen LogP contribution in [-0.4, -0.2) is 51.2 Å². The van der Waals surface area contributed by atoms with Crippen LogP contribution < -0.4 is 4.90 Å². The molecule has 0 aromatic carbocycles. The number of nitrogens with zero attached hydrogens (tertiary/aromatic N) is 5. The average Bonchev–Trinajstić information content (AvgIpc) is 3.00. The summed E-state index contributed by atoms with van der Waals surface area (Å²) >= 11 is 0. The van der Waals surface area contributed by atoms with Crippen molar-refractivity contribution in [3.05, 3.63) is 42.0 Å². The van der Waals surface area contributed by atoms with Crippen molar-refractivity contribution in [3.8, 4) is 0 Å². The third kappa shape index (κ3) is 3.59. The first-order chi connectivity index (χ1) is 11.8. The molecule has 0 bridgehead atoms. The van der Waals surface area contributed by atoms with E-state index in [1.54, 1.807) is 22.8 Å². The zero-order chi connectivity index (χ0) is 18.2. The summed E-state index contributed by atoms with van der Waals surface area (Å²) in [4.78, 5) is 19.7. The van der Waals surface area contributed by atoms with E-state index in [-0.39, 0.29) is 11.9 Å². The van der Waals surface area contributed by atoms with Crippen molar-refractivity contribution in [2.24, 2.45) is 7.05 Å². The minimum Gasteiger partial charge on any atom is -0.366 e. The number of pyridine rings is 1. The summed E-state index contributed by atoms with van der Waals surface area (Å²) in [6.45, 7) is 3.45. The molecule has 0 spiro atoms. The Morgan fingerprint density at radius 1 is 1.24 bits per heavy atom. The number of rotatable bonds is 2. The molecule has 0 saturated carbocycles. The first kappa shape index (κ1) is 17.2. The average molecular weight is 353 g/mol. The lowest BCUT2D eigenvalue weighted by Crippen LogP contribution is -2.54. The number of carbonyl (C=O) groups excluding carboxylic acids is 1. The van der Waals surface area contributed by atoms with Gasteiger partial charge >= 0.3 is 6.18 Å². The Balaban J connectivity index is 1.68. The predicted octanol–water partition coefficient (Wildman–Crippen LogP) is 2.18. The van der Waals surface area contributed by atoms with Crippen LogP contribution in [0.15, 0.2) is 30.7 Å². The summed E-state index contributed by atoms with van der Waals surface area (Å²) in [6.07, 6.45) is -0.0167. The van der Waals surface area contributed by atoms with E-state index in [1.807, 2.05) is 11.8 Å². The summed E-state index contributed by atoms with van der Waals surface area (Å²) in [6, 6.07) is 2.32. The highest BCUT2D eigenvalue weighted by Gasteiger charge is 2.33. The van der Waals surface area contributed by atoms with Gasteiger partial charge in [0, 0.05) is 38.9 Å². The first-order valence-corrected chi connectivity index (χ1v) is 7.83. The lowest BCUT2D eigenvalue weighted by Gasteiger charge is -2.40. The molecule has 0 N–H and O–H groups in total. The molecule has 1 atom stereocenters. The number of hydrogen-bond donors (Lipinski definition) is 0. The molecule has 0 radical (unpaired) electrons. The number of carbonyl (C=O) groups is 1. The number of aryl methyl sites for hydroxylation is 1. The van der Waals surface area contributed by atoms with Crippen molar-refractivity contribution >= 4 is 11.6 Å². The Labute approximate surface area is 142 Å². The number of hydrogen-bond acceptors (Lipinski definition) is 4. The fraction of sp³-hybridized carbons (Fsp3) is 0.438. The van der Waals surface area contributed by atoms with Gasteiger partial charge < -0.3 is 9.80 Å². The molecule has 1 aliphatic heterocycles. The maximum absolute atomic E-state index is 12.6. The van der Waals surface area contributed by atoms with Gasteiger partial charge in [-0.25, -0.2) is 4.98 Å². The number of alkyl halides is 3. The lowest BCUT2D eigenvalue weighted by molar-refractivity contribution is -0.141. The van der Waals surface area contributed by atoms with Gasteiger partial charge in [-0.2, -0.15) is 18.3 Å². The normalized spacial score (nSPS) is 18.5. The van der Waals surface area contributed by atoms with Gasteiger partial charge in [-0.15, -0.1) is 0 Å². The minimum atomic E-state index is -4.44. The van der Waals surface area contributed by atoms with Crippen molar-refractivity contribution in [2.45, 2.75) is 19.1 Å². The number of amides is 1. The molecule has 3 heterocycles. The van der Waals surface area contributed by atoms with Crippen LogP contribution in [0.2, 0.25) is 0 Å². The highest BCUT2D eigenvalue weighted by Crippen LogP contribution is 2.29. The van der Waals surface area contributed by atoms with Crippen LogP contribution in [0.25, 0.3) is 0 Å². The maximum atomic E-state index is 12.6. The molecule has 1 amide bonds. The summed E-state index contributed by atoms with van der Waals surface area (Å²) < 4.78 is 39.4. The van der Waals surface area contributed by atoms with Crippen LogP contribution in [0.3, 0.4) is 0 Å². The fourth-order valence-electron chi connectivity index (χ4n) is 2.93. The van der Waals surface area contributed by atoms with Crippen molar-refractivity contribution < 1.29 is 18.0 Å². The van der Waals surface area contributed by atoms with Gasteiger partial charge in [0.1, 0.15) is 5.69 Å². The van der Waals surface area contributed by atoms with E-state index >= 15 is 0 Å². The van der Waals surface area contributed by atoms with E-state index in [2.05, 4.69) is 10.1 Å². The summed E-state index contributed by atoms with van der Waals surface area (Å²) in [5.41, 5.74) is 0.238. The van der Waals surface area contributed by atoms with E-state index in [4.69, 9.17) is 0 Å². The highest BCUT2D eigenvalue weighted by molar-refractivity contribution is 5.94. The second kappa shape index (κ2) is 6.38. The van der Waals surface area contributed by atoms with Gasteiger partial charge in [0.15, 0.2) is 0 Å². The molecule has 9 heteroatoms. The van der Waals surface area contributed by atoms with E-state index in [0.29, 0.717) is 30.9 Å². The molecule has 134 valence electrons. The molecule has 25 heavy (non-hydrogen) atoms. The molecular formula is C16H18F3N5O. The smallest absolute Gasteiger partial charge is 0.366 e. The first-order valence-electron chi connectivity index (χ1n) is 7.83. The van der Waals surface area contributed by atoms with Crippen LogP contribution >= 0.6 is 0 Å². The van der Waals surface area contributed by atoms with Crippen LogP contribution in [0, 0.1) is 0 Å². The molecular weight excluding hydrogens is 335 g/mol. The largest absolute Gasteiger partial charge is 0.433 e. The number of piperazine rings is 1. The zero-order valence-electron chi connectivity index (χ0n) is 13.9. The van der Waals surface area contributed by atoms with Crippen molar-refractivity contribution in [1.29, 1.82) is 0 Å². The SMILES string of the molecule is CC1CN(c2ccc(C(F)(F)F)nc2)CCN1C(=O)c1cnn(C)c1. The van der Waals surface area contributed by atoms with Gasteiger partial charge in [-0.3, -0.25) is 9.48 Å². The molecule has 6 nitrogen and oxygen atoms in total. The summed E-state index contributed by atoms with van der Waals surface area (Å²) in [5.74, 6) is -0.0919. The molecule has 3 rings (SSSR count). The quantitative estimate of drug-likeness (QED) is 0.831. The van der Waals surface area contributed by atoms with Gasteiger partial charge in [-0.1, -0.05) is 0 Å². The van der Waals surface area contributed by atoms with Crippen LogP contribution in [0.5, 0.6) is 0 Å². The van der Waals surface area contributed by atoms with Crippen molar-refractivity contribution in [2.75, 3.05) is 24.5 Å². The summed E-state index contributed by atoms with van der Waals surface area (Å²) in [7, 11) is 1.75. The zero-order valence-corrected chi connectivity index (χ0v) is 13.9. The standard InChI is InChI=1S/C16H18F3N5O/c1-11-9-23(13-3-4-14(20-8-13)16(17,18)19)5-6-24(11)15(25)12-7-21-22(2)10-12/h3-4,7-8,10-11H,5-6,9H2,1-2H3. The van der Waals surface area contributed by atoms with Crippen LogP contribution in [0.1, 0.15) is 23.0 Å². The number of halogens is 3. The summed E-state index contributed by atoms with van der Waals surface area (Å²) in [5, 5.41) is 4.01. The van der Waals surface area contributed by atoms with Gasteiger partial charge in [0.25, 0.3) is 5.91 Å². The molecule has 1 unspecified atom stereocenters. The molecule has 1 aliphatic rings. The predicted molar refractivity (Wildman–Crippen MR) is 85.2 cm³/mol. The van der Waals surface area contributed by atoms with Crippen molar-refractivity contribution in [1.82, 2.24) is 19.7 Å². The van der Waals surface area contributed by atoms with E-state index in [9.17, 15) is 18.0 Å². The monoisotopic (exact) mass is 353 g/mol. The Morgan fingerprint density at radius 2 is 2.00 bits per heavy atom. The Kier molecular flexibility index (Phi) is 4.40. The van der Waals surface area contributed by atoms with Gasteiger partial charge in [0.2, 0.25) is 0 Å². The van der Waals surface area contributed by atoms with E-state index in [1.165, 1.54) is 18.5 Å². The Hall–Kier alpha value is -2.58. The van der Waals surface area contributed by atoms with E-state index in [0.717, 1.165) is 6.07 Å². The van der Waals surface area contributed by atoms with E-state index < -0.39 is 11.9 Å². The maximum Gasteiger partial charge on any atom is 0.433 e. The third-order valence-corrected chi connectivity index (χ3v) is 4.24. The van der Waals surface area contributed by atoms with Crippen molar-refractivity contribution in [3.63, 3.8) is 0 Å². The second-order valence-electron chi connectivity index (χ2n) is 6.10. The molecule has 0 aliphatic carbocycles. The number of aromatic nitrogens is 3. The second-order valence-corrected chi connectivity index (χ2v) is 6.10. The number of anilines is 1. The molecule has 1 saturated heterocycles. The lowest BCUT2D eigenvalue weighted by atomic mass is 10.1. The fourth-order valence-corrected chi connectivity index (χ4v) is 2.93. The molecule has 2 aromatic heterocycles. The molecule has 2 aromatic rings. The third-order valence-electron chi connectivity index (χ3n) is 4.24. The Bertz CT molecular complexity index is 756.